The first-order valence-corrected chi connectivity index (χ1v) is 9.45. The Morgan fingerprint density at radius 3 is 2.24 bits per heavy atom. The fourth-order valence-electron chi connectivity index (χ4n) is 3.17. The van der Waals surface area contributed by atoms with Gasteiger partial charge in [0.05, 0.1) is 13.0 Å². The van der Waals surface area contributed by atoms with Gasteiger partial charge in [-0.1, -0.05) is 50.3 Å². The Bertz CT molecular complexity index is 513. The number of benzene rings is 1. The van der Waals surface area contributed by atoms with Crippen LogP contribution >= 0.6 is 0 Å². The molecule has 25 heavy (non-hydrogen) atoms. The molecule has 1 aromatic rings. The predicted octanol–water partition coefficient (Wildman–Crippen LogP) is 3.05. The zero-order valence-electron chi connectivity index (χ0n) is 15.0. The molecular formula is C20H30N2O3. The molecule has 2 amide bonds. The van der Waals surface area contributed by atoms with Gasteiger partial charge in [-0.3, -0.25) is 9.59 Å². The highest BCUT2D eigenvalue weighted by Gasteiger charge is 2.14. The molecule has 2 N–H and O–H groups in total. The monoisotopic (exact) mass is 346 g/mol. The van der Waals surface area contributed by atoms with Gasteiger partial charge in [0.2, 0.25) is 11.8 Å². The van der Waals surface area contributed by atoms with Gasteiger partial charge in [-0.05, 0) is 24.5 Å². The van der Waals surface area contributed by atoms with Crippen molar-refractivity contribution in [2.45, 2.75) is 51.4 Å². The lowest BCUT2D eigenvalue weighted by Crippen LogP contribution is -2.35. The van der Waals surface area contributed by atoms with Gasteiger partial charge < -0.3 is 15.4 Å². The molecule has 1 saturated carbocycles. The number of amides is 2. The molecule has 0 atom stereocenters. The first-order chi connectivity index (χ1) is 12.2. The molecule has 2 rings (SSSR count). The van der Waals surface area contributed by atoms with Crippen LogP contribution in [0.4, 0.5) is 0 Å². The van der Waals surface area contributed by atoms with E-state index in [9.17, 15) is 9.59 Å². The normalized spacial score (nSPS) is 14.7. The maximum Gasteiger partial charge on any atom is 0.223 e. The third-order valence-corrected chi connectivity index (χ3v) is 4.61. The highest BCUT2D eigenvalue weighted by molar-refractivity contribution is 5.77. The Hall–Kier alpha value is -2.04. The van der Waals surface area contributed by atoms with Gasteiger partial charge in [0.25, 0.3) is 0 Å². The van der Waals surface area contributed by atoms with Crippen LogP contribution in [0, 0.1) is 5.92 Å². The molecule has 5 heteroatoms. The van der Waals surface area contributed by atoms with Crippen molar-refractivity contribution < 1.29 is 14.3 Å². The van der Waals surface area contributed by atoms with Crippen LogP contribution in [0.2, 0.25) is 0 Å². The number of hydrogen-bond donors (Lipinski definition) is 2. The molecule has 0 unspecified atom stereocenters. The van der Waals surface area contributed by atoms with Gasteiger partial charge >= 0.3 is 0 Å². The van der Waals surface area contributed by atoms with Crippen molar-refractivity contribution in [1.29, 1.82) is 0 Å². The second-order valence-corrected chi connectivity index (χ2v) is 6.65. The van der Waals surface area contributed by atoms with Gasteiger partial charge in [-0.25, -0.2) is 0 Å². The van der Waals surface area contributed by atoms with Gasteiger partial charge in [0.1, 0.15) is 5.75 Å². The van der Waals surface area contributed by atoms with Crippen molar-refractivity contribution in [3.8, 4) is 5.75 Å². The van der Waals surface area contributed by atoms with Crippen LogP contribution in [0.5, 0.6) is 5.75 Å². The second kappa shape index (κ2) is 11.5. The van der Waals surface area contributed by atoms with Crippen molar-refractivity contribution >= 4 is 11.8 Å². The van der Waals surface area contributed by atoms with Gasteiger partial charge in [-0.2, -0.15) is 0 Å². The molecule has 0 aromatic heterocycles. The Labute approximate surface area is 150 Å². The highest BCUT2D eigenvalue weighted by atomic mass is 16.5. The lowest BCUT2D eigenvalue weighted by atomic mass is 9.86. The average Bonchev–Trinajstić information content (AvgIpc) is 2.65. The van der Waals surface area contributed by atoms with E-state index < -0.39 is 0 Å². The predicted molar refractivity (Wildman–Crippen MR) is 98.4 cm³/mol. The summed E-state index contributed by atoms with van der Waals surface area (Å²) in [5, 5.41) is 5.67. The topological polar surface area (TPSA) is 67.4 Å². The molecular weight excluding hydrogens is 316 g/mol. The smallest absolute Gasteiger partial charge is 0.223 e. The van der Waals surface area contributed by atoms with Gasteiger partial charge in [0.15, 0.2) is 0 Å². The van der Waals surface area contributed by atoms with Crippen LogP contribution in [0.25, 0.3) is 0 Å². The molecule has 138 valence electrons. The fourth-order valence-corrected chi connectivity index (χ4v) is 3.17. The molecule has 0 spiro atoms. The summed E-state index contributed by atoms with van der Waals surface area (Å²) in [7, 11) is 0. The quantitative estimate of drug-likeness (QED) is 0.640. The summed E-state index contributed by atoms with van der Waals surface area (Å²) in [6, 6.07) is 9.43. The van der Waals surface area contributed by atoms with Crippen LogP contribution in [-0.2, 0) is 9.59 Å². The van der Waals surface area contributed by atoms with Crippen molar-refractivity contribution in [2.75, 3.05) is 19.7 Å². The molecule has 0 aliphatic heterocycles. The van der Waals surface area contributed by atoms with E-state index in [-0.39, 0.29) is 11.8 Å². The molecule has 0 heterocycles. The number of nitrogens with one attached hydrogen (secondary N) is 2. The summed E-state index contributed by atoms with van der Waals surface area (Å²) < 4.78 is 5.48. The number of ether oxygens (including phenoxy) is 1. The van der Waals surface area contributed by atoms with Crippen molar-refractivity contribution in [1.82, 2.24) is 10.6 Å². The van der Waals surface area contributed by atoms with E-state index >= 15 is 0 Å². The summed E-state index contributed by atoms with van der Waals surface area (Å²) in [6.45, 7) is 1.29. The van der Waals surface area contributed by atoms with Crippen molar-refractivity contribution in [3.05, 3.63) is 30.3 Å². The summed E-state index contributed by atoms with van der Waals surface area (Å²) in [4.78, 5) is 23.5. The Kier molecular flexibility index (Phi) is 8.87. The Morgan fingerprint density at radius 2 is 1.56 bits per heavy atom. The highest BCUT2D eigenvalue weighted by Crippen LogP contribution is 2.27. The maximum absolute atomic E-state index is 11.8. The minimum Gasteiger partial charge on any atom is -0.493 e. The van der Waals surface area contributed by atoms with E-state index in [4.69, 9.17) is 4.74 Å². The standard InChI is InChI=1S/C20H30N2O3/c23-19(12-11-17-7-3-1-4-8-17)21-14-15-22-20(24)13-16-25-18-9-5-2-6-10-18/h2,5-6,9-10,17H,1,3-4,7-8,11-16H2,(H,21,23)(H,22,24). The third-order valence-electron chi connectivity index (χ3n) is 4.61. The zero-order chi connectivity index (χ0) is 17.7. The summed E-state index contributed by atoms with van der Waals surface area (Å²) in [6.07, 6.45) is 8.42. The molecule has 1 aliphatic carbocycles. The molecule has 1 aliphatic rings. The van der Waals surface area contributed by atoms with E-state index in [0.29, 0.717) is 32.5 Å². The SMILES string of the molecule is O=C(CCOc1ccccc1)NCCNC(=O)CCC1CCCCC1. The Balaban J connectivity index is 1.44. The molecule has 0 saturated heterocycles. The lowest BCUT2D eigenvalue weighted by molar-refractivity contribution is -0.123. The fraction of sp³-hybridized carbons (Fsp3) is 0.600. The van der Waals surface area contributed by atoms with Crippen LogP contribution in [0.1, 0.15) is 51.4 Å². The minimum atomic E-state index is -0.0626. The van der Waals surface area contributed by atoms with Gasteiger partial charge in [-0.15, -0.1) is 0 Å². The summed E-state index contributed by atoms with van der Waals surface area (Å²) >= 11 is 0. The van der Waals surface area contributed by atoms with E-state index in [2.05, 4.69) is 10.6 Å². The first kappa shape index (κ1) is 19.3. The van der Waals surface area contributed by atoms with E-state index in [0.717, 1.165) is 18.1 Å². The molecule has 1 aromatic carbocycles. The summed E-state index contributed by atoms with van der Waals surface area (Å²) in [5.74, 6) is 1.52. The largest absolute Gasteiger partial charge is 0.493 e. The van der Waals surface area contributed by atoms with E-state index in [1.54, 1.807) is 0 Å². The molecule has 0 radical (unpaired) electrons. The number of hydrogen-bond acceptors (Lipinski definition) is 3. The van der Waals surface area contributed by atoms with Gasteiger partial charge in [0, 0.05) is 19.5 Å². The second-order valence-electron chi connectivity index (χ2n) is 6.65. The molecule has 1 fully saturated rings. The van der Waals surface area contributed by atoms with Crippen molar-refractivity contribution in [3.63, 3.8) is 0 Å². The van der Waals surface area contributed by atoms with Crippen LogP contribution in [0.15, 0.2) is 30.3 Å². The van der Waals surface area contributed by atoms with Crippen LogP contribution < -0.4 is 15.4 Å². The first-order valence-electron chi connectivity index (χ1n) is 9.45. The van der Waals surface area contributed by atoms with E-state index in [1.807, 2.05) is 30.3 Å². The van der Waals surface area contributed by atoms with E-state index in [1.165, 1.54) is 32.1 Å². The number of rotatable bonds is 10. The minimum absolute atomic E-state index is 0.0626. The average molecular weight is 346 g/mol. The van der Waals surface area contributed by atoms with Crippen LogP contribution in [0.3, 0.4) is 0 Å². The van der Waals surface area contributed by atoms with Crippen molar-refractivity contribution in [2.24, 2.45) is 5.92 Å². The maximum atomic E-state index is 11.8. The number of carbonyl (C=O) groups is 2. The molecule has 5 nitrogen and oxygen atoms in total. The third kappa shape index (κ3) is 8.57. The molecule has 0 bridgehead atoms. The summed E-state index contributed by atoms with van der Waals surface area (Å²) in [5.41, 5.74) is 0. The number of carbonyl (C=O) groups excluding carboxylic acids is 2. The zero-order valence-corrected chi connectivity index (χ0v) is 15.0. The lowest BCUT2D eigenvalue weighted by Gasteiger charge is -2.20. The van der Waals surface area contributed by atoms with Crippen LogP contribution in [-0.4, -0.2) is 31.5 Å². The Morgan fingerprint density at radius 1 is 0.920 bits per heavy atom. The number of para-hydroxylation sites is 1.